The zero-order valence-electron chi connectivity index (χ0n) is 15.0. The van der Waals surface area contributed by atoms with Crippen molar-refractivity contribution in [3.05, 3.63) is 51.5 Å². The second kappa shape index (κ2) is 9.23. The molecule has 1 fully saturated rings. The van der Waals surface area contributed by atoms with Crippen molar-refractivity contribution in [2.45, 2.75) is 17.5 Å². The summed E-state index contributed by atoms with van der Waals surface area (Å²) in [6.45, 7) is 0. The minimum atomic E-state index is -0.362. The number of hydrogen-bond acceptors (Lipinski definition) is 7. The van der Waals surface area contributed by atoms with Gasteiger partial charge in [0.25, 0.3) is 0 Å². The van der Waals surface area contributed by atoms with Crippen molar-refractivity contribution < 1.29 is 18.9 Å². The molecular formula is C18H20Cl2N2O4S. The predicted octanol–water partition coefficient (Wildman–Crippen LogP) is 4.36. The smallest absolute Gasteiger partial charge is 0.203 e. The molecule has 0 radical (unpaired) electrons. The summed E-state index contributed by atoms with van der Waals surface area (Å²) < 4.78 is 22.2. The highest BCUT2D eigenvalue weighted by Crippen LogP contribution is 2.40. The predicted molar refractivity (Wildman–Crippen MR) is 108 cm³/mol. The Kier molecular flexibility index (Phi) is 6.97. The molecule has 0 aliphatic carbocycles. The molecule has 2 aromatic rings. The zero-order valence-corrected chi connectivity index (χ0v) is 17.4. The van der Waals surface area contributed by atoms with E-state index < -0.39 is 0 Å². The second-order valence-corrected chi connectivity index (χ2v) is 7.61. The summed E-state index contributed by atoms with van der Waals surface area (Å²) in [5.41, 5.74) is 7.88. The maximum Gasteiger partial charge on any atom is 0.203 e. The number of methoxy groups -OCH3 is 3. The molecule has 1 aliphatic rings. The van der Waals surface area contributed by atoms with E-state index in [1.54, 1.807) is 39.2 Å². The number of hydrogen-bond donors (Lipinski definition) is 2. The van der Waals surface area contributed by atoms with Crippen molar-refractivity contribution in [2.24, 2.45) is 0 Å². The van der Waals surface area contributed by atoms with Crippen molar-refractivity contribution in [2.75, 3.05) is 21.3 Å². The molecule has 1 aliphatic heterocycles. The van der Waals surface area contributed by atoms with Gasteiger partial charge in [-0.3, -0.25) is 0 Å². The number of ether oxygens (including phenoxy) is 4. The van der Waals surface area contributed by atoms with Gasteiger partial charge in [-0.1, -0.05) is 23.2 Å². The van der Waals surface area contributed by atoms with Crippen LogP contribution in [0.4, 0.5) is 0 Å². The van der Waals surface area contributed by atoms with Gasteiger partial charge in [-0.05, 0) is 35.9 Å². The Hall–Kier alpha value is -1.35. The highest BCUT2D eigenvalue weighted by molar-refractivity contribution is 7.98. The maximum atomic E-state index is 6.04. The van der Waals surface area contributed by atoms with Crippen molar-refractivity contribution in [3.63, 3.8) is 0 Å². The molecule has 1 heterocycles. The lowest BCUT2D eigenvalue weighted by atomic mass is 10.1. The standard InChI is InChI=1S/C18H20Cl2N2O4S/c1-23-14-6-11(7-15(24-2)16(14)25-3)17-21-22-18(26-17)27-9-10-4-12(19)8-13(20)5-10/h4-8,17-18,21-22H,9H2,1-3H3. The van der Waals surface area contributed by atoms with Crippen LogP contribution in [0.25, 0.3) is 0 Å². The Morgan fingerprint density at radius 2 is 1.56 bits per heavy atom. The Labute approximate surface area is 172 Å². The number of thioether (sulfide) groups is 1. The average Bonchev–Trinajstić information content (AvgIpc) is 3.13. The van der Waals surface area contributed by atoms with Crippen LogP contribution in [0, 0.1) is 0 Å². The molecule has 0 bridgehead atoms. The fourth-order valence-electron chi connectivity index (χ4n) is 2.70. The van der Waals surface area contributed by atoms with Gasteiger partial charge in [-0.15, -0.1) is 11.8 Å². The fourth-order valence-corrected chi connectivity index (χ4v) is 4.12. The van der Waals surface area contributed by atoms with Crippen molar-refractivity contribution in [1.82, 2.24) is 10.9 Å². The molecule has 146 valence electrons. The number of nitrogens with one attached hydrogen (secondary N) is 2. The number of hydrazine groups is 1. The lowest BCUT2D eigenvalue weighted by Crippen LogP contribution is -2.29. The van der Waals surface area contributed by atoms with E-state index >= 15 is 0 Å². The van der Waals surface area contributed by atoms with Gasteiger partial charge in [0.2, 0.25) is 5.75 Å². The molecule has 2 atom stereocenters. The monoisotopic (exact) mass is 430 g/mol. The van der Waals surface area contributed by atoms with E-state index in [0.717, 1.165) is 11.1 Å². The van der Waals surface area contributed by atoms with Crippen LogP contribution >= 0.6 is 35.0 Å². The van der Waals surface area contributed by atoms with E-state index in [-0.39, 0.29) is 11.8 Å². The second-order valence-electron chi connectivity index (χ2n) is 5.68. The normalized spacial score (nSPS) is 19.1. The summed E-state index contributed by atoms with van der Waals surface area (Å²) in [4.78, 5) is 0. The molecule has 2 unspecified atom stereocenters. The zero-order chi connectivity index (χ0) is 19.4. The van der Waals surface area contributed by atoms with Crippen LogP contribution < -0.4 is 25.1 Å². The molecule has 3 rings (SSSR count). The Morgan fingerprint density at radius 1 is 0.926 bits per heavy atom. The molecule has 2 N–H and O–H groups in total. The SMILES string of the molecule is COc1cc(C2NNC(SCc3cc(Cl)cc(Cl)c3)O2)cc(OC)c1OC. The van der Waals surface area contributed by atoms with Crippen LogP contribution in [0.5, 0.6) is 17.2 Å². The maximum absolute atomic E-state index is 6.04. The third-order valence-electron chi connectivity index (χ3n) is 3.91. The number of halogens is 2. The highest BCUT2D eigenvalue weighted by atomic mass is 35.5. The summed E-state index contributed by atoms with van der Waals surface area (Å²) in [6.07, 6.45) is -0.362. The summed E-state index contributed by atoms with van der Waals surface area (Å²) in [6, 6.07) is 9.19. The van der Waals surface area contributed by atoms with Gasteiger partial charge in [0, 0.05) is 21.4 Å². The quantitative estimate of drug-likeness (QED) is 0.676. The first-order chi connectivity index (χ1) is 13.0. The molecule has 2 aromatic carbocycles. The molecule has 9 heteroatoms. The molecule has 1 saturated heterocycles. The third kappa shape index (κ3) is 4.93. The van der Waals surface area contributed by atoms with E-state index in [1.165, 1.54) is 0 Å². The van der Waals surface area contributed by atoms with Crippen molar-refractivity contribution >= 4 is 35.0 Å². The summed E-state index contributed by atoms with van der Waals surface area (Å²) in [7, 11) is 4.73. The first-order valence-electron chi connectivity index (χ1n) is 8.07. The summed E-state index contributed by atoms with van der Waals surface area (Å²) >= 11 is 13.7. The number of rotatable bonds is 7. The molecule has 6 nitrogen and oxygen atoms in total. The lowest BCUT2D eigenvalue weighted by Gasteiger charge is -2.17. The van der Waals surface area contributed by atoms with Crippen LogP contribution in [-0.4, -0.2) is 26.9 Å². The Balaban J connectivity index is 1.67. The third-order valence-corrected chi connectivity index (χ3v) is 5.37. The average molecular weight is 431 g/mol. The Bertz CT molecular complexity index is 764. The van der Waals surface area contributed by atoms with Gasteiger partial charge in [-0.2, -0.15) is 0 Å². The van der Waals surface area contributed by atoms with E-state index in [4.69, 9.17) is 42.1 Å². The van der Waals surface area contributed by atoms with Crippen LogP contribution in [-0.2, 0) is 10.5 Å². The summed E-state index contributed by atoms with van der Waals surface area (Å²) in [5.74, 6) is 2.38. The van der Waals surface area contributed by atoms with Crippen molar-refractivity contribution in [1.29, 1.82) is 0 Å². The molecule has 0 amide bonds. The molecular weight excluding hydrogens is 411 g/mol. The highest BCUT2D eigenvalue weighted by Gasteiger charge is 2.28. The van der Waals surface area contributed by atoms with Gasteiger partial charge in [0.15, 0.2) is 17.1 Å². The molecule has 0 aromatic heterocycles. The molecule has 0 spiro atoms. The van der Waals surface area contributed by atoms with E-state index in [9.17, 15) is 0 Å². The van der Waals surface area contributed by atoms with E-state index in [0.29, 0.717) is 33.0 Å². The minimum Gasteiger partial charge on any atom is -0.493 e. The van der Waals surface area contributed by atoms with Gasteiger partial charge >= 0.3 is 0 Å². The largest absolute Gasteiger partial charge is 0.493 e. The van der Waals surface area contributed by atoms with E-state index in [2.05, 4.69) is 10.9 Å². The van der Waals surface area contributed by atoms with Crippen LogP contribution in [0.15, 0.2) is 30.3 Å². The Morgan fingerprint density at radius 3 is 2.11 bits per heavy atom. The fraction of sp³-hybridized carbons (Fsp3) is 0.333. The van der Waals surface area contributed by atoms with Gasteiger partial charge < -0.3 is 18.9 Å². The molecule has 0 saturated carbocycles. The van der Waals surface area contributed by atoms with Crippen LogP contribution in [0.2, 0.25) is 10.0 Å². The van der Waals surface area contributed by atoms with Crippen molar-refractivity contribution in [3.8, 4) is 17.2 Å². The van der Waals surface area contributed by atoms with Crippen LogP contribution in [0.3, 0.4) is 0 Å². The van der Waals surface area contributed by atoms with Gasteiger partial charge in [-0.25, -0.2) is 10.9 Å². The van der Waals surface area contributed by atoms with Gasteiger partial charge in [0.05, 0.1) is 21.3 Å². The summed E-state index contributed by atoms with van der Waals surface area (Å²) in [5, 5.41) is 1.23. The van der Waals surface area contributed by atoms with Gasteiger partial charge in [0.1, 0.15) is 6.23 Å². The molecule has 27 heavy (non-hydrogen) atoms. The first-order valence-corrected chi connectivity index (χ1v) is 9.87. The topological polar surface area (TPSA) is 61.0 Å². The number of benzene rings is 2. The minimum absolute atomic E-state index is 0.244. The lowest BCUT2D eigenvalue weighted by molar-refractivity contribution is 0.0817. The first kappa shape index (κ1) is 20.4. The van der Waals surface area contributed by atoms with Crippen LogP contribution in [0.1, 0.15) is 17.4 Å². The van der Waals surface area contributed by atoms with E-state index in [1.807, 2.05) is 24.3 Å².